The Labute approximate surface area is 179 Å². The monoisotopic (exact) mass is 433 g/mol. The van der Waals surface area contributed by atoms with Crippen LogP contribution in [0, 0.1) is 5.92 Å². The zero-order valence-corrected chi connectivity index (χ0v) is 19.4. The summed E-state index contributed by atoms with van der Waals surface area (Å²) in [6.07, 6.45) is 0.185. The molecular formula is C21H39NO8. The van der Waals surface area contributed by atoms with Crippen molar-refractivity contribution >= 4 is 17.9 Å². The molecule has 176 valence electrons. The van der Waals surface area contributed by atoms with Gasteiger partial charge in [-0.1, -0.05) is 12.7 Å². The van der Waals surface area contributed by atoms with Gasteiger partial charge in [-0.05, 0) is 55.4 Å². The smallest absolute Gasteiger partial charge is 0.323 e. The average Bonchev–Trinajstić information content (AvgIpc) is 2.54. The zero-order valence-electron chi connectivity index (χ0n) is 19.4. The van der Waals surface area contributed by atoms with E-state index < -0.39 is 47.7 Å². The predicted molar refractivity (Wildman–Crippen MR) is 113 cm³/mol. The Morgan fingerprint density at radius 3 is 1.70 bits per heavy atom. The molecule has 4 atom stereocenters. The SMILES string of the molecule is C=CCOC(=O)C[C@H](C(=O)O)[C@H](C)OC(C)(C)C.C[C@H](OC(C)(C)C)[C@H](N)C(=O)O. The number of aliphatic carboxylic acids is 2. The molecule has 0 fully saturated rings. The number of carbonyl (C=O) groups is 3. The van der Waals surface area contributed by atoms with Gasteiger partial charge < -0.3 is 30.2 Å². The standard InChI is InChI=1S/C13H22O5.C8H17NO3/c1-6-7-17-11(14)8-10(12(15)16)9(2)18-13(3,4)5;1-5(6(9)7(10)11)12-8(2,3)4/h6,9-10H,1,7-8H2,2-5H3,(H,15,16);5-6H,9H2,1-4H3,(H,10,11)/t9-,10-;5-,6-/m00/s1. The van der Waals surface area contributed by atoms with Gasteiger partial charge in [-0.15, -0.1) is 0 Å². The molecule has 4 N–H and O–H groups in total. The van der Waals surface area contributed by atoms with E-state index in [2.05, 4.69) is 6.58 Å². The van der Waals surface area contributed by atoms with Crippen molar-refractivity contribution in [2.75, 3.05) is 6.61 Å². The van der Waals surface area contributed by atoms with Gasteiger partial charge in [0.25, 0.3) is 0 Å². The van der Waals surface area contributed by atoms with Crippen molar-refractivity contribution in [1.29, 1.82) is 0 Å². The predicted octanol–water partition coefficient (Wildman–Crippen LogP) is 2.61. The van der Waals surface area contributed by atoms with Crippen molar-refractivity contribution in [2.45, 2.75) is 91.3 Å². The molecule has 0 aliphatic heterocycles. The summed E-state index contributed by atoms with van der Waals surface area (Å²) in [5.41, 5.74) is 4.53. The first-order chi connectivity index (χ1) is 13.4. The average molecular weight is 434 g/mol. The second-order valence-electron chi connectivity index (χ2n) is 8.86. The minimum Gasteiger partial charge on any atom is -0.481 e. The van der Waals surface area contributed by atoms with Gasteiger partial charge in [0, 0.05) is 0 Å². The number of nitrogens with two attached hydrogens (primary N) is 1. The molecule has 0 aliphatic carbocycles. The fourth-order valence-corrected chi connectivity index (χ4v) is 2.32. The lowest BCUT2D eigenvalue weighted by atomic mass is 9.99. The van der Waals surface area contributed by atoms with E-state index in [1.807, 2.05) is 41.5 Å². The van der Waals surface area contributed by atoms with Crippen LogP contribution in [-0.2, 0) is 28.6 Å². The van der Waals surface area contributed by atoms with Crippen LogP contribution in [0.5, 0.6) is 0 Å². The van der Waals surface area contributed by atoms with Crippen LogP contribution in [0.2, 0.25) is 0 Å². The van der Waals surface area contributed by atoms with E-state index in [1.54, 1.807) is 13.8 Å². The van der Waals surface area contributed by atoms with Crippen molar-refractivity contribution in [3.05, 3.63) is 12.7 Å². The van der Waals surface area contributed by atoms with Crippen molar-refractivity contribution < 1.29 is 38.8 Å². The first-order valence-electron chi connectivity index (χ1n) is 9.74. The number of carboxylic acids is 2. The lowest BCUT2D eigenvalue weighted by Crippen LogP contribution is -2.44. The van der Waals surface area contributed by atoms with E-state index in [4.69, 9.17) is 30.2 Å². The molecule has 0 saturated carbocycles. The molecule has 0 aromatic carbocycles. The Hall–Kier alpha value is -1.97. The van der Waals surface area contributed by atoms with Gasteiger partial charge in [0.05, 0.1) is 35.7 Å². The number of hydrogen-bond acceptors (Lipinski definition) is 7. The number of hydrogen-bond donors (Lipinski definition) is 3. The van der Waals surface area contributed by atoms with Crippen molar-refractivity contribution in [2.24, 2.45) is 11.7 Å². The fourth-order valence-electron chi connectivity index (χ4n) is 2.32. The summed E-state index contributed by atoms with van der Waals surface area (Å²) in [4.78, 5) is 32.9. The molecule has 0 bridgehead atoms. The van der Waals surface area contributed by atoms with Crippen LogP contribution in [0.15, 0.2) is 12.7 Å². The molecule has 0 aromatic heterocycles. The summed E-state index contributed by atoms with van der Waals surface area (Å²) in [5, 5.41) is 17.7. The molecule has 0 aromatic rings. The molecular weight excluding hydrogens is 394 g/mol. The van der Waals surface area contributed by atoms with Crippen LogP contribution in [0.4, 0.5) is 0 Å². The van der Waals surface area contributed by atoms with Crippen LogP contribution in [0.1, 0.15) is 61.8 Å². The van der Waals surface area contributed by atoms with Crippen LogP contribution < -0.4 is 5.73 Å². The summed E-state index contributed by atoms with van der Waals surface area (Å²) >= 11 is 0. The van der Waals surface area contributed by atoms with E-state index in [0.29, 0.717) is 0 Å². The lowest BCUT2D eigenvalue weighted by Gasteiger charge is -2.28. The summed E-state index contributed by atoms with van der Waals surface area (Å²) in [6.45, 7) is 17.9. The summed E-state index contributed by atoms with van der Waals surface area (Å²) in [6, 6.07) is -0.954. The molecule has 30 heavy (non-hydrogen) atoms. The lowest BCUT2D eigenvalue weighted by molar-refractivity contribution is -0.160. The second-order valence-corrected chi connectivity index (χ2v) is 8.86. The van der Waals surface area contributed by atoms with Gasteiger partial charge in [0.15, 0.2) is 0 Å². The van der Waals surface area contributed by atoms with Crippen LogP contribution in [0.25, 0.3) is 0 Å². The Bertz CT molecular complexity index is 562. The molecule has 9 nitrogen and oxygen atoms in total. The molecule has 0 rings (SSSR count). The molecule has 0 radical (unpaired) electrons. The second kappa shape index (κ2) is 13.4. The van der Waals surface area contributed by atoms with E-state index in [9.17, 15) is 14.4 Å². The van der Waals surface area contributed by atoms with E-state index in [1.165, 1.54) is 6.08 Å². The highest BCUT2D eigenvalue weighted by Crippen LogP contribution is 2.20. The summed E-state index contributed by atoms with van der Waals surface area (Å²) < 4.78 is 15.7. The maximum absolute atomic E-state index is 11.4. The van der Waals surface area contributed by atoms with Crippen molar-refractivity contribution in [1.82, 2.24) is 0 Å². The zero-order chi connectivity index (χ0) is 24.3. The first-order valence-corrected chi connectivity index (χ1v) is 9.74. The van der Waals surface area contributed by atoms with Crippen LogP contribution in [-0.4, -0.2) is 64.2 Å². The normalized spacial score (nSPS) is 15.6. The van der Waals surface area contributed by atoms with Gasteiger partial charge in [0.2, 0.25) is 0 Å². The summed E-state index contributed by atoms with van der Waals surface area (Å²) in [7, 11) is 0. The Kier molecular flexibility index (Phi) is 13.5. The molecule has 0 spiro atoms. The van der Waals surface area contributed by atoms with Crippen molar-refractivity contribution in [3.63, 3.8) is 0 Å². The molecule has 0 heterocycles. The highest BCUT2D eigenvalue weighted by molar-refractivity contribution is 5.79. The number of carboxylic acid groups (broad SMARTS) is 2. The third kappa shape index (κ3) is 15.9. The van der Waals surface area contributed by atoms with Gasteiger partial charge in [-0.2, -0.15) is 0 Å². The Morgan fingerprint density at radius 1 is 0.933 bits per heavy atom. The minimum atomic E-state index is -1.07. The van der Waals surface area contributed by atoms with Gasteiger partial charge in [0.1, 0.15) is 12.6 Å². The largest absolute Gasteiger partial charge is 0.481 e. The molecule has 9 heteroatoms. The topological polar surface area (TPSA) is 145 Å². The molecule has 0 saturated heterocycles. The number of esters is 1. The number of ether oxygens (including phenoxy) is 3. The quantitative estimate of drug-likeness (QED) is 0.349. The summed E-state index contributed by atoms with van der Waals surface area (Å²) in [5.74, 6) is -3.58. The molecule has 0 amide bonds. The highest BCUT2D eigenvalue weighted by Gasteiger charge is 2.31. The Balaban J connectivity index is 0. The van der Waals surface area contributed by atoms with Gasteiger partial charge in [-0.3, -0.25) is 14.4 Å². The van der Waals surface area contributed by atoms with Gasteiger partial charge >= 0.3 is 17.9 Å². The minimum absolute atomic E-state index is 0.0830. The number of carbonyl (C=O) groups excluding carboxylic acids is 1. The van der Waals surface area contributed by atoms with E-state index >= 15 is 0 Å². The fraction of sp³-hybridized carbons (Fsp3) is 0.762. The number of rotatable bonds is 10. The third-order valence-corrected chi connectivity index (χ3v) is 3.50. The Morgan fingerprint density at radius 2 is 1.37 bits per heavy atom. The maximum Gasteiger partial charge on any atom is 0.323 e. The molecule has 0 unspecified atom stereocenters. The van der Waals surface area contributed by atoms with Crippen LogP contribution in [0.3, 0.4) is 0 Å². The van der Waals surface area contributed by atoms with Gasteiger partial charge in [-0.25, -0.2) is 0 Å². The van der Waals surface area contributed by atoms with Crippen LogP contribution >= 0.6 is 0 Å². The molecule has 0 aliphatic rings. The van der Waals surface area contributed by atoms with Crippen molar-refractivity contribution in [3.8, 4) is 0 Å². The highest BCUT2D eigenvalue weighted by atomic mass is 16.5. The third-order valence-electron chi connectivity index (χ3n) is 3.50. The van der Waals surface area contributed by atoms with E-state index in [0.717, 1.165) is 0 Å². The van der Waals surface area contributed by atoms with E-state index in [-0.39, 0.29) is 18.6 Å². The maximum atomic E-state index is 11.4. The first kappa shape index (κ1) is 30.2.